The molecule has 2 heteroatoms. The Morgan fingerprint density at radius 2 is 2.07 bits per heavy atom. The standard InChI is InChI=1S/C12H21NS/c1-6-9(2)7-11-13-10(8-14-11)12(3,4)5/h8-9H,6-7H2,1-5H3. The largest absolute Gasteiger partial charge is 0.246 e. The minimum atomic E-state index is 0.199. The number of rotatable bonds is 3. The second kappa shape index (κ2) is 4.43. The zero-order chi connectivity index (χ0) is 10.8. The Labute approximate surface area is 91.6 Å². The average Bonchev–Trinajstić information content (AvgIpc) is 2.51. The first kappa shape index (κ1) is 11.7. The van der Waals surface area contributed by atoms with E-state index in [9.17, 15) is 0 Å². The first-order valence-corrected chi connectivity index (χ1v) is 6.26. The van der Waals surface area contributed by atoms with E-state index in [1.54, 1.807) is 0 Å². The number of thiazole rings is 1. The molecule has 1 atom stereocenters. The van der Waals surface area contributed by atoms with Crippen molar-refractivity contribution in [3.05, 3.63) is 16.1 Å². The first-order chi connectivity index (χ1) is 6.43. The second-order valence-electron chi connectivity index (χ2n) is 5.09. The number of hydrogen-bond acceptors (Lipinski definition) is 2. The summed E-state index contributed by atoms with van der Waals surface area (Å²) in [6.45, 7) is 11.2. The summed E-state index contributed by atoms with van der Waals surface area (Å²) in [6.07, 6.45) is 2.38. The van der Waals surface area contributed by atoms with Gasteiger partial charge < -0.3 is 0 Å². The molecule has 0 fully saturated rings. The summed E-state index contributed by atoms with van der Waals surface area (Å²) in [6, 6.07) is 0. The Balaban J connectivity index is 2.69. The van der Waals surface area contributed by atoms with Crippen molar-refractivity contribution in [3.8, 4) is 0 Å². The van der Waals surface area contributed by atoms with E-state index in [0.717, 1.165) is 12.3 Å². The van der Waals surface area contributed by atoms with Gasteiger partial charge in [0.05, 0.1) is 10.7 Å². The van der Waals surface area contributed by atoms with E-state index < -0.39 is 0 Å². The molecule has 0 amide bonds. The zero-order valence-corrected chi connectivity index (χ0v) is 10.7. The smallest absolute Gasteiger partial charge is 0.0931 e. The highest BCUT2D eigenvalue weighted by Crippen LogP contribution is 2.25. The van der Waals surface area contributed by atoms with Gasteiger partial charge in [-0.3, -0.25) is 0 Å². The van der Waals surface area contributed by atoms with Gasteiger partial charge in [-0.25, -0.2) is 4.98 Å². The van der Waals surface area contributed by atoms with Gasteiger partial charge in [-0.2, -0.15) is 0 Å². The van der Waals surface area contributed by atoms with Crippen LogP contribution in [-0.2, 0) is 11.8 Å². The van der Waals surface area contributed by atoms with Crippen molar-refractivity contribution in [1.29, 1.82) is 0 Å². The van der Waals surface area contributed by atoms with Gasteiger partial charge in [-0.15, -0.1) is 11.3 Å². The molecule has 1 rings (SSSR count). The second-order valence-corrected chi connectivity index (χ2v) is 6.04. The molecule has 0 spiro atoms. The van der Waals surface area contributed by atoms with Gasteiger partial charge >= 0.3 is 0 Å². The molecule has 0 aromatic carbocycles. The molecule has 1 nitrogen and oxygen atoms in total. The van der Waals surface area contributed by atoms with Crippen molar-refractivity contribution in [2.24, 2.45) is 5.92 Å². The van der Waals surface area contributed by atoms with Crippen molar-refractivity contribution in [1.82, 2.24) is 4.98 Å². The fraction of sp³-hybridized carbons (Fsp3) is 0.750. The van der Waals surface area contributed by atoms with Gasteiger partial charge in [0.25, 0.3) is 0 Å². The lowest BCUT2D eigenvalue weighted by Gasteiger charge is -2.14. The predicted molar refractivity (Wildman–Crippen MR) is 64.0 cm³/mol. The van der Waals surface area contributed by atoms with Crippen LogP contribution in [0.4, 0.5) is 0 Å². The lowest BCUT2D eigenvalue weighted by Crippen LogP contribution is -2.11. The Bertz CT molecular complexity index is 283. The molecular weight excluding hydrogens is 190 g/mol. The third-order valence-corrected chi connectivity index (χ3v) is 3.41. The minimum absolute atomic E-state index is 0.199. The van der Waals surface area contributed by atoms with E-state index in [1.165, 1.54) is 17.1 Å². The maximum Gasteiger partial charge on any atom is 0.0931 e. The molecule has 0 radical (unpaired) electrons. The van der Waals surface area contributed by atoms with Gasteiger partial charge in [-0.1, -0.05) is 41.0 Å². The van der Waals surface area contributed by atoms with Crippen LogP contribution in [0.2, 0.25) is 0 Å². The van der Waals surface area contributed by atoms with Crippen LogP contribution in [0.1, 0.15) is 51.7 Å². The van der Waals surface area contributed by atoms with Crippen LogP contribution in [0.3, 0.4) is 0 Å². The van der Waals surface area contributed by atoms with E-state index >= 15 is 0 Å². The zero-order valence-electron chi connectivity index (χ0n) is 9.92. The highest BCUT2D eigenvalue weighted by molar-refractivity contribution is 7.09. The highest BCUT2D eigenvalue weighted by Gasteiger charge is 2.17. The Morgan fingerprint density at radius 1 is 1.43 bits per heavy atom. The SMILES string of the molecule is CCC(C)Cc1nc(C(C)(C)C)cs1. The summed E-state index contributed by atoms with van der Waals surface area (Å²) >= 11 is 1.81. The molecule has 0 aliphatic rings. The quantitative estimate of drug-likeness (QED) is 0.735. The summed E-state index contributed by atoms with van der Waals surface area (Å²) in [5, 5.41) is 3.50. The predicted octanol–water partition coefficient (Wildman–Crippen LogP) is 4.03. The van der Waals surface area contributed by atoms with Crippen LogP contribution < -0.4 is 0 Å². The molecule has 0 saturated heterocycles. The first-order valence-electron chi connectivity index (χ1n) is 5.38. The fourth-order valence-corrected chi connectivity index (χ4v) is 2.38. The van der Waals surface area contributed by atoms with E-state index in [4.69, 9.17) is 0 Å². The van der Waals surface area contributed by atoms with Gasteiger partial charge in [0.15, 0.2) is 0 Å². The molecule has 0 saturated carbocycles. The number of hydrogen-bond donors (Lipinski definition) is 0. The summed E-state index contributed by atoms with van der Waals surface area (Å²) in [7, 11) is 0. The molecule has 0 N–H and O–H groups in total. The normalized spacial score (nSPS) is 14.4. The minimum Gasteiger partial charge on any atom is -0.246 e. The van der Waals surface area contributed by atoms with Crippen molar-refractivity contribution in [2.45, 2.75) is 52.9 Å². The molecule has 80 valence electrons. The topological polar surface area (TPSA) is 12.9 Å². The summed E-state index contributed by atoms with van der Waals surface area (Å²) < 4.78 is 0. The molecule has 14 heavy (non-hydrogen) atoms. The van der Waals surface area contributed by atoms with Crippen molar-refractivity contribution in [2.75, 3.05) is 0 Å². The molecule has 1 aromatic heterocycles. The molecule has 1 aromatic rings. The van der Waals surface area contributed by atoms with Crippen LogP contribution >= 0.6 is 11.3 Å². The fourth-order valence-electron chi connectivity index (χ4n) is 1.19. The third-order valence-electron chi connectivity index (χ3n) is 2.54. The highest BCUT2D eigenvalue weighted by atomic mass is 32.1. The monoisotopic (exact) mass is 211 g/mol. The van der Waals surface area contributed by atoms with Crippen molar-refractivity contribution < 1.29 is 0 Å². The molecule has 1 unspecified atom stereocenters. The Morgan fingerprint density at radius 3 is 2.50 bits per heavy atom. The van der Waals surface area contributed by atoms with Gasteiger partial charge in [0, 0.05) is 17.2 Å². The van der Waals surface area contributed by atoms with Crippen LogP contribution in [0, 0.1) is 5.92 Å². The van der Waals surface area contributed by atoms with E-state index in [1.807, 2.05) is 11.3 Å². The summed E-state index contributed by atoms with van der Waals surface area (Å²) in [4.78, 5) is 4.69. The summed E-state index contributed by atoms with van der Waals surface area (Å²) in [5.41, 5.74) is 1.44. The lowest BCUT2D eigenvalue weighted by molar-refractivity contribution is 0.545. The van der Waals surface area contributed by atoms with Crippen molar-refractivity contribution >= 4 is 11.3 Å². The number of aromatic nitrogens is 1. The molecule has 0 bridgehead atoms. The Hall–Kier alpha value is -0.370. The lowest BCUT2D eigenvalue weighted by atomic mass is 9.93. The van der Waals surface area contributed by atoms with E-state index in [2.05, 4.69) is 45.0 Å². The van der Waals surface area contributed by atoms with E-state index in [-0.39, 0.29) is 5.41 Å². The van der Waals surface area contributed by atoms with Gasteiger partial charge in [-0.05, 0) is 5.92 Å². The van der Waals surface area contributed by atoms with Crippen LogP contribution in [0.25, 0.3) is 0 Å². The Kier molecular flexibility index (Phi) is 3.71. The molecule has 0 aliphatic carbocycles. The maximum absolute atomic E-state index is 4.69. The summed E-state index contributed by atoms with van der Waals surface area (Å²) in [5.74, 6) is 0.758. The molecule has 1 heterocycles. The van der Waals surface area contributed by atoms with E-state index in [0.29, 0.717) is 0 Å². The number of nitrogens with zero attached hydrogens (tertiary/aromatic N) is 1. The van der Waals surface area contributed by atoms with Crippen LogP contribution in [-0.4, -0.2) is 4.98 Å². The molecular formula is C12H21NS. The van der Waals surface area contributed by atoms with Crippen molar-refractivity contribution in [3.63, 3.8) is 0 Å². The van der Waals surface area contributed by atoms with Crippen LogP contribution in [0.5, 0.6) is 0 Å². The maximum atomic E-state index is 4.69. The van der Waals surface area contributed by atoms with Crippen LogP contribution in [0.15, 0.2) is 5.38 Å². The van der Waals surface area contributed by atoms with Gasteiger partial charge in [0.2, 0.25) is 0 Å². The third kappa shape index (κ3) is 3.09. The average molecular weight is 211 g/mol. The van der Waals surface area contributed by atoms with Gasteiger partial charge in [0.1, 0.15) is 0 Å². The molecule has 0 aliphatic heterocycles.